The van der Waals surface area contributed by atoms with Gasteiger partial charge in [0.05, 0.1) is 28.6 Å². The van der Waals surface area contributed by atoms with E-state index in [1.165, 1.54) is 11.1 Å². The molecule has 0 aliphatic carbocycles. The lowest BCUT2D eigenvalue weighted by atomic mass is 10.1. The Morgan fingerprint density at radius 3 is 2.47 bits per heavy atom. The molecule has 0 bridgehead atoms. The molecule has 3 aromatic carbocycles. The van der Waals surface area contributed by atoms with Crippen LogP contribution in [0, 0.1) is 20.8 Å². The molecule has 0 saturated heterocycles. The van der Waals surface area contributed by atoms with E-state index in [0.29, 0.717) is 22.3 Å². The average Bonchev–Trinajstić information content (AvgIpc) is 3.35. The van der Waals surface area contributed by atoms with Crippen molar-refractivity contribution in [3.05, 3.63) is 77.0 Å². The van der Waals surface area contributed by atoms with Crippen LogP contribution in [0.1, 0.15) is 27.2 Å². The van der Waals surface area contributed by atoms with Gasteiger partial charge < -0.3 is 10.1 Å². The highest BCUT2D eigenvalue weighted by Gasteiger charge is 2.19. The second-order valence-corrected chi connectivity index (χ2v) is 8.85. The van der Waals surface area contributed by atoms with E-state index in [-0.39, 0.29) is 5.91 Å². The van der Waals surface area contributed by atoms with Crippen LogP contribution in [0.25, 0.3) is 26.1 Å². The number of nitrogens with one attached hydrogen (secondary N) is 1. The van der Waals surface area contributed by atoms with E-state index in [1.54, 1.807) is 23.1 Å². The Morgan fingerprint density at radius 2 is 1.72 bits per heavy atom. The number of thiazole rings is 1. The van der Waals surface area contributed by atoms with Gasteiger partial charge in [-0.3, -0.25) is 4.79 Å². The van der Waals surface area contributed by atoms with Crippen LogP contribution in [0.4, 0.5) is 5.82 Å². The van der Waals surface area contributed by atoms with Crippen molar-refractivity contribution in [2.24, 2.45) is 0 Å². The van der Waals surface area contributed by atoms with Gasteiger partial charge in [-0.05, 0) is 66.9 Å². The Labute approximate surface area is 189 Å². The highest BCUT2D eigenvalue weighted by Crippen LogP contribution is 2.31. The fraction of sp³-hybridized carbons (Fsp3) is 0.160. The minimum Gasteiger partial charge on any atom is -0.496 e. The van der Waals surface area contributed by atoms with Gasteiger partial charge in [0.1, 0.15) is 11.6 Å². The molecule has 160 valence electrons. The van der Waals surface area contributed by atoms with Crippen molar-refractivity contribution < 1.29 is 9.53 Å². The smallest absolute Gasteiger partial charge is 0.260 e. The number of methoxy groups -OCH3 is 1. The minimum atomic E-state index is -0.262. The molecular weight excluding hydrogens is 420 g/mol. The van der Waals surface area contributed by atoms with Crippen LogP contribution in [-0.4, -0.2) is 27.8 Å². The maximum Gasteiger partial charge on any atom is 0.260 e. The van der Waals surface area contributed by atoms with Crippen LogP contribution in [0.2, 0.25) is 0 Å². The third-order valence-electron chi connectivity index (χ3n) is 5.56. The van der Waals surface area contributed by atoms with Gasteiger partial charge >= 0.3 is 0 Å². The SMILES string of the molecule is COc1cc2ccccc2cc1C(=O)Nc1cc(C)nn1-c1nc2cc(C)c(C)cc2s1. The third kappa shape index (κ3) is 3.50. The van der Waals surface area contributed by atoms with Crippen molar-refractivity contribution in [1.29, 1.82) is 0 Å². The van der Waals surface area contributed by atoms with E-state index in [9.17, 15) is 4.79 Å². The standard InChI is InChI=1S/C25H22N4O2S/c1-14-9-20-22(10-15(14)2)32-25(26-20)29-23(11-16(3)28-29)27-24(30)19-12-17-7-5-6-8-18(17)13-21(19)31-4/h5-13H,1-4H3,(H,27,30). The van der Waals surface area contributed by atoms with Crippen molar-refractivity contribution in [2.45, 2.75) is 20.8 Å². The summed E-state index contributed by atoms with van der Waals surface area (Å²) in [5.41, 5.74) is 4.60. The Morgan fingerprint density at radius 1 is 1.00 bits per heavy atom. The van der Waals surface area contributed by atoms with Gasteiger partial charge in [-0.25, -0.2) is 4.98 Å². The normalized spacial score (nSPS) is 11.2. The Hall–Kier alpha value is -3.71. The zero-order chi connectivity index (χ0) is 22.4. The third-order valence-corrected chi connectivity index (χ3v) is 6.55. The number of fused-ring (bicyclic) bond motifs is 2. The lowest BCUT2D eigenvalue weighted by Crippen LogP contribution is -2.16. The van der Waals surface area contributed by atoms with E-state index < -0.39 is 0 Å². The van der Waals surface area contributed by atoms with Gasteiger partial charge in [-0.1, -0.05) is 35.6 Å². The molecule has 0 aliphatic rings. The summed E-state index contributed by atoms with van der Waals surface area (Å²) >= 11 is 1.55. The number of benzene rings is 3. The van der Waals surface area contributed by atoms with Crippen molar-refractivity contribution in [3.8, 4) is 10.9 Å². The molecule has 1 N–H and O–H groups in total. The first kappa shape index (κ1) is 20.2. The molecule has 1 amide bonds. The molecule has 0 saturated carbocycles. The van der Waals surface area contributed by atoms with Crippen molar-refractivity contribution >= 4 is 44.1 Å². The number of anilines is 1. The zero-order valence-electron chi connectivity index (χ0n) is 18.3. The number of aryl methyl sites for hydroxylation is 3. The van der Waals surface area contributed by atoms with Gasteiger partial charge in [0.15, 0.2) is 0 Å². The molecule has 5 aromatic rings. The van der Waals surface area contributed by atoms with Gasteiger partial charge in [0, 0.05) is 6.07 Å². The molecular formula is C25H22N4O2S. The second kappa shape index (κ2) is 7.76. The summed E-state index contributed by atoms with van der Waals surface area (Å²) in [6.07, 6.45) is 0. The summed E-state index contributed by atoms with van der Waals surface area (Å²) in [6, 6.07) is 17.7. The summed E-state index contributed by atoms with van der Waals surface area (Å²) in [5.74, 6) is 0.826. The molecule has 2 aromatic heterocycles. The number of carbonyl (C=O) groups is 1. The first-order valence-corrected chi connectivity index (χ1v) is 11.1. The van der Waals surface area contributed by atoms with E-state index in [0.717, 1.165) is 26.7 Å². The molecule has 0 spiro atoms. The predicted molar refractivity (Wildman–Crippen MR) is 129 cm³/mol. The van der Waals surface area contributed by atoms with Crippen LogP contribution >= 0.6 is 11.3 Å². The molecule has 0 radical (unpaired) electrons. The van der Waals surface area contributed by atoms with Crippen molar-refractivity contribution in [3.63, 3.8) is 0 Å². The highest BCUT2D eigenvalue weighted by molar-refractivity contribution is 7.20. The van der Waals surface area contributed by atoms with Crippen LogP contribution < -0.4 is 10.1 Å². The first-order valence-electron chi connectivity index (χ1n) is 10.3. The number of nitrogens with zero attached hydrogens (tertiary/aromatic N) is 3. The van der Waals surface area contributed by atoms with Crippen LogP contribution in [0.3, 0.4) is 0 Å². The lowest BCUT2D eigenvalue weighted by Gasteiger charge is -2.11. The monoisotopic (exact) mass is 442 g/mol. The zero-order valence-corrected chi connectivity index (χ0v) is 19.1. The molecule has 0 aliphatic heterocycles. The van der Waals surface area contributed by atoms with Crippen LogP contribution in [0.15, 0.2) is 54.6 Å². The molecule has 2 heterocycles. The van der Waals surface area contributed by atoms with E-state index in [1.807, 2.05) is 49.4 Å². The molecule has 0 fully saturated rings. The van der Waals surface area contributed by atoms with E-state index in [4.69, 9.17) is 9.72 Å². The number of hydrogen-bond donors (Lipinski definition) is 1. The summed E-state index contributed by atoms with van der Waals surface area (Å²) in [6.45, 7) is 6.06. The summed E-state index contributed by atoms with van der Waals surface area (Å²) in [5, 5.41) is 10.3. The fourth-order valence-corrected chi connectivity index (χ4v) is 4.75. The number of aromatic nitrogens is 3. The summed E-state index contributed by atoms with van der Waals surface area (Å²) in [4.78, 5) is 18.0. The number of carbonyl (C=O) groups excluding carboxylic acids is 1. The number of amides is 1. The molecule has 7 heteroatoms. The van der Waals surface area contributed by atoms with Gasteiger partial charge in [0.2, 0.25) is 5.13 Å². The van der Waals surface area contributed by atoms with E-state index >= 15 is 0 Å². The quantitative estimate of drug-likeness (QED) is 0.381. The van der Waals surface area contributed by atoms with Crippen LogP contribution in [0.5, 0.6) is 5.75 Å². The van der Waals surface area contributed by atoms with Gasteiger partial charge in [0.25, 0.3) is 5.91 Å². The Bertz CT molecular complexity index is 1460. The maximum absolute atomic E-state index is 13.2. The fourth-order valence-electron chi connectivity index (χ4n) is 3.74. The average molecular weight is 443 g/mol. The second-order valence-electron chi connectivity index (χ2n) is 7.84. The molecule has 0 atom stereocenters. The van der Waals surface area contributed by atoms with Crippen LogP contribution in [-0.2, 0) is 0 Å². The number of hydrogen-bond acceptors (Lipinski definition) is 5. The predicted octanol–water partition coefficient (Wildman–Crippen LogP) is 5.82. The molecule has 32 heavy (non-hydrogen) atoms. The maximum atomic E-state index is 13.2. The molecule has 6 nitrogen and oxygen atoms in total. The number of rotatable bonds is 4. The Balaban J connectivity index is 1.54. The first-order chi connectivity index (χ1) is 15.4. The van der Waals surface area contributed by atoms with Crippen molar-refractivity contribution in [2.75, 3.05) is 12.4 Å². The number of ether oxygens (including phenoxy) is 1. The molecule has 0 unspecified atom stereocenters. The highest BCUT2D eigenvalue weighted by atomic mass is 32.1. The van der Waals surface area contributed by atoms with Crippen molar-refractivity contribution in [1.82, 2.24) is 14.8 Å². The van der Waals surface area contributed by atoms with E-state index in [2.05, 4.69) is 36.4 Å². The minimum absolute atomic E-state index is 0.262. The summed E-state index contributed by atoms with van der Waals surface area (Å²) < 4.78 is 8.28. The topological polar surface area (TPSA) is 69.0 Å². The molecule has 5 rings (SSSR count). The van der Waals surface area contributed by atoms with Gasteiger partial charge in [-0.15, -0.1) is 0 Å². The van der Waals surface area contributed by atoms with Gasteiger partial charge in [-0.2, -0.15) is 9.78 Å². The Kier molecular flexibility index (Phi) is 4.90. The lowest BCUT2D eigenvalue weighted by molar-refractivity contribution is 0.102. The summed E-state index contributed by atoms with van der Waals surface area (Å²) in [7, 11) is 1.57. The largest absolute Gasteiger partial charge is 0.496 e.